The molecule has 1 fully saturated rings. The summed E-state index contributed by atoms with van der Waals surface area (Å²) in [6, 6.07) is 7.92. The van der Waals surface area contributed by atoms with Gasteiger partial charge in [0.15, 0.2) is 0 Å². The third-order valence-corrected chi connectivity index (χ3v) is 6.99. The van der Waals surface area contributed by atoms with Crippen molar-refractivity contribution in [3.8, 4) is 17.0 Å². The Kier molecular flexibility index (Phi) is 7.43. The number of hydrogen-bond acceptors (Lipinski definition) is 6. The van der Waals surface area contributed by atoms with Crippen LogP contribution >= 0.6 is 0 Å². The first kappa shape index (κ1) is 25.2. The fourth-order valence-corrected chi connectivity index (χ4v) is 5.37. The molecule has 9 heteroatoms. The van der Waals surface area contributed by atoms with Gasteiger partial charge in [0.2, 0.25) is 0 Å². The first-order valence-corrected chi connectivity index (χ1v) is 12.6. The van der Waals surface area contributed by atoms with Crippen molar-refractivity contribution in [3.05, 3.63) is 77.5 Å². The molecule has 0 radical (unpaired) electrons. The van der Waals surface area contributed by atoms with Crippen LogP contribution in [0.2, 0.25) is 0 Å². The topological polar surface area (TPSA) is 87.6 Å². The average Bonchev–Trinajstić information content (AvgIpc) is 3.25. The number of imidazole rings is 1. The molecular weight excluding hydrogens is 476 g/mol. The van der Waals surface area contributed by atoms with Crippen molar-refractivity contribution < 1.29 is 18.3 Å². The molecule has 2 N–H and O–H groups in total. The zero-order valence-corrected chi connectivity index (χ0v) is 21.0. The van der Waals surface area contributed by atoms with Gasteiger partial charge in [-0.1, -0.05) is 6.92 Å². The quantitative estimate of drug-likeness (QED) is 0.341. The Morgan fingerprint density at radius 2 is 1.86 bits per heavy atom. The van der Waals surface area contributed by atoms with E-state index in [1.165, 1.54) is 12.7 Å². The maximum Gasteiger partial charge on any atom is 0.139 e. The molecule has 1 aromatic carbocycles. The summed E-state index contributed by atoms with van der Waals surface area (Å²) in [6.07, 6.45) is 8.95. The summed E-state index contributed by atoms with van der Waals surface area (Å²) < 4.78 is 41.9. The maximum absolute atomic E-state index is 15.0. The molecule has 37 heavy (non-hydrogen) atoms. The number of rotatable bonds is 8. The number of nitrogens with zero attached hydrogens (tertiary/aromatic N) is 4. The van der Waals surface area contributed by atoms with Gasteiger partial charge >= 0.3 is 0 Å². The van der Waals surface area contributed by atoms with Crippen molar-refractivity contribution in [1.29, 1.82) is 0 Å². The van der Waals surface area contributed by atoms with E-state index in [2.05, 4.69) is 28.1 Å². The van der Waals surface area contributed by atoms with E-state index in [1.54, 1.807) is 22.8 Å². The van der Waals surface area contributed by atoms with Crippen LogP contribution in [0.25, 0.3) is 16.8 Å². The Hall–Kier alpha value is -3.43. The Balaban J connectivity index is 1.45. The van der Waals surface area contributed by atoms with Crippen LogP contribution in [0.5, 0.6) is 5.75 Å². The largest absolute Gasteiger partial charge is 0.491 e. The lowest BCUT2D eigenvalue weighted by molar-refractivity contribution is 0.146. The lowest BCUT2D eigenvalue weighted by Crippen LogP contribution is -2.31. The fourth-order valence-electron chi connectivity index (χ4n) is 5.37. The number of fused-ring (bicyclic) bond motifs is 1. The minimum absolute atomic E-state index is 0.0982. The minimum atomic E-state index is -0.752. The second kappa shape index (κ2) is 10.9. The predicted octanol–water partition coefficient (Wildman–Crippen LogP) is 4.92. The van der Waals surface area contributed by atoms with Crippen LogP contribution < -0.4 is 10.5 Å². The molecule has 0 aliphatic heterocycles. The van der Waals surface area contributed by atoms with Crippen LogP contribution in [0.4, 0.5) is 8.78 Å². The van der Waals surface area contributed by atoms with Crippen molar-refractivity contribution in [2.24, 2.45) is 11.7 Å². The molecule has 0 bridgehead atoms. The van der Waals surface area contributed by atoms with Crippen LogP contribution in [0.1, 0.15) is 49.1 Å². The normalized spacial score (nSPS) is 19.9. The first-order chi connectivity index (χ1) is 17.9. The number of methoxy groups -OCH3 is 1. The highest BCUT2D eigenvalue weighted by molar-refractivity contribution is 5.63. The van der Waals surface area contributed by atoms with Gasteiger partial charge in [-0.15, -0.1) is 0 Å². The van der Waals surface area contributed by atoms with Gasteiger partial charge in [0, 0.05) is 44.1 Å². The van der Waals surface area contributed by atoms with Crippen LogP contribution in [-0.2, 0) is 11.2 Å². The molecule has 0 amide bonds. The van der Waals surface area contributed by atoms with Crippen LogP contribution in [0.3, 0.4) is 0 Å². The summed E-state index contributed by atoms with van der Waals surface area (Å²) in [5.41, 5.74) is 9.31. The number of nitrogens with two attached hydrogens (primary N) is 1. The Labute approximate surface area is 214 Å². The third-order valence-electron chi connectivity index (χ3n) is 6.99. The smallest absolute Gasteiger partial charge is 0.139 e. The van der Waals surface area contributed by atoms with Crippen molar-refractivity contribution in [1.82, 2.24) is 19.6 Å². The number of halogens is 2. The van der Waals surface area contributed by atoms with Gasteiger partial charge < -0.3 is 15.2 Å². The van der Waals surface area contributed by atoms with E-state index in [4.69, 9.17) is 15.2 Å². The van der Waals surface area contributed by atoms with E-state index in [9.17, 15) is 8.78 Å². The summed E-state index contributed by atoms with van der Waals surface area (Å²) in [5.74, 6) is 0.184. The van der Waals surface area contributed by atoms with E-state index in [0.717, 1.165) is 42.5 Å². The second-order valence-electron chi connectivity index (χ2n) is 9.85. The zero-order chi connectivity index (χ0) is 25.9. The molecule has 3 atom stereocenters. The maximum atomic E-state index is 15.0. The van der Waals surface area contributed by atoms with Gasteiger partial charge in [0.1, 0.15) is 29.8 Å². The molecule has 0 saturated heterocycles. The van der Waals surface area contributed by atoms with E-state index < -0.39 is 11.6 Å². The Morgan fingerprint density at radius 1 is 1.05 bits per heavy atom. The monoisotopic (exact) mass is 507 g/mol. The Morgan fingerprint density at radius 3 is 2.62 bits per heavy atom. The van der Waals surface area contributed by atoms with Gasteiger partial charge in [-0.3, -0.25) is 4.98 Å². The van der Waals surface area contributed by atoms with Gasteiger partial charge in [-0.05, 0) is 60.4 Å². The lowest BCUT2D eigenvalue weighted by Gasteiger charge is -2.32. The number of hydrogen-bond donors (Lipinski definition) is 1. The summed E-state index contributed by atoms with van der Waals surface area (Å²) >= 11 is 0. The molecule has 0 unspecified atom stereocenters. The van der Waals surface area contributed by atoms with Crippen LogP contribution in [0, 0.1) is 17.6 Å². The average molecular weight is 508 g/mol. The number of benzene rings is 1. The van der Waals surface area contributed by atoms with Gasteiger partial charge in [0.25, 0.3) is 0 Å². The van der Waals surface area contributed by atoms with Crippen molar-refractivity contribution in [2.75, 3.05) is 20.3 Å². The molecule has 3 aromatic heterocycles. The minimum Gasteiger partial charge on any atom is -0.491 e. The molecule has 0 spiro atoms. The number of pyridine rings is 1. The summed E-state index contributed by atoms with van der Waals surface area (Å²) in [4.78, 5) is 8.93. The van der Waals surface area contributed by atoms with Gasteiger partial charge in [0.05, 0.1) is 29.6 Å². The Bertz CT molecular complexity index is 1360. The lowest BCUT2D eigenvalue weighted by atomic mass is 9.75. The zero-order valence-electron chi connectivity index (χ0n) is 21.0. The van der Waals surface area contributed by atoms with Crippen molar-refractivity contribution in [3.63, 3.8) is 0 Å². The molecular formula is C28H31F2N5O2. The van der Waals surface area contributed by atoms with E-state index >= 15 is 0 Å². The van der Waals surface area contributed by atoms with Crippen LogP contribution in [-0.4, -0.2) is 45.9 Å². The van der Waals surface area contributed by atoms with Gasteiger partial charge in [-0.2, -0.15) is 5.10 Å². The molecule has 3 heterocycles. The molecule has 1 saturated carbocycles. The van der Waals surface area contributed by atoms with Gasteiger partial charge in [-0.25, -0.2) is 18.3 Å². The third kappa shape index (κ3) is 5.47. The molecule has 7 nitrogen and oxygen atoms in total. The van der Waals surface area contributed by atoms with E-state index in [0.29, 0.717) is 30.7 Å². The van der Waals surface area contributed by atoms with E-state index in [-0.39, 0.29) is 29.7 Å². The number of aromatic nitrogens is 4. The van der Waals surface area contributed by atoms with Crippen molar-refractivity contribution >= 4 is 5.52 Å². The fraction of sp³-hybridized carbons (Fsp3) is 0.393. The second-order valence-corrected chi connectivity index (χ2v) is 9.85. The highest BCUT2D eigenvalue weighted by Gasteiger charge is 2.27. The van der Waals surface area contributed by atoms with Crippen LogP contribution in [0.15, 0.2) is 48.9 Å². The predicted molar refractivity (Wildman–Crippen MR) is 136 cm³/mol. The molecule has 5 rings (SSSR count). The molecule has 1 aliphatic rings. The summed E-state index contributed by atoms with van der Waals surface area (Å²) in [7, 11) is 1.53. The molecule has 1 aliphatic carbocycles. The molecule has 194 valence electrons. The summed E-state index contributed by atoms with van der Waals surface area (Å²) in [5, 5.41) is 4.57. The highest BCUT2D eigenvalue weighted by atomic mass is 19.1. The van der Waals surface area contributed by atoms with Crippen molar-refractivity contribution in [2.45, 2.75) is 44.6 Å². The standard InChI is InChI=1S/C28H31F2N5O2/c1-17-9-18(11-20(31)10-17)23-5-6-32-15-19(23)12-27-33-16-21-3-4-26(34-35(21)27)28-24(29)13-22(14-25(28)30)37-8-7-36-2/h3-6,13-18,20H,7-12,31H2,1-2H3/t17-,18+,20-/m0/s1. The van der Waals surface area contributed by atoms with E-state index in [1.807, 2.05) is 12.4 Å². The summed E-state index contributed by atoms with van der Waals surface area (Å²) in [6.45, 7) is 2.76. The highest BCUT2D eigenvalue weighted by Crippen LogP contribution is 2.37. The SMILES string of the molecule is COCCOc1cc(F)c(-c2ccc3cnc(Cc4cnccc4[C@@H]4C[C@H](C)C[C@H](N)C4)n3n2)c(F)c1. The number of ether oxygens (including phenoxy) is 2. The molecule has 4 aromatic rings. The first-order valence-electron chi connectivity index (χ1n) is 12.6.